The van der Waals surface area contributed by atoms with E-state index >= 15 is 0 Å². The van der Waals surface area contributed by atoms with Crippen LogP contribution in [0.5, 0.6) is 0 Å². The second-order valence-corrected chi connectivity index (χ2v) is 3.51. The molecule has 1 aromatic rings. The van der Waals surface area contributed by atoms with E-state index in [4.69, 9.17) is 0 Å². The third kappa shape index (κ3) is 2.09. The summed E-state index contributed by atoms with van der Waals surface area (Å²) in [5.74, 6) is -0.301. The van der Waals surface area contributed by atoms with Crippen molar-refractivity contribution in [3.63, 3.8) is 0 Å². The minimum absolute atomic E-state index is 0.301. The number of hydrogen-bond donors (Lipinski definition) is 1. The van der Waals surface area contributed by atoms with Crippen molar-refractivity contribution in [2.45, 2.75) is 19.5 Å². The minimum atomic E-state index is -0.329. The zero-order valence-electron chi connectivity index (χ0n) is 8.84. The van der Waals surface area contributed by atoms with Crippen LogP contribution in [0.25, 0.3) is 5.70 Å². The van der Waals surface area contributed by atoms with Gasteiger partial charge in [0.05, 0.1) is 6.20 Å². The molecule has 1 aromatic carbocycles. The predicted molar refractivity (Wildman–Crippen MR) is 56.9 cm³/mol. The zero-order chi connectivity index (χ0) is 11.5. The normalized spacial score (nSPS) is 19.8. The number of rotatable bonds is 2. The van der Waals surface area contributed by atoms with E-state index in [0.717, 1.165) is 10.6 Å². The summed E-state index contributed by atoms with van der Waals surface area (Å²) in [4.78, 5) is 0. The molecule has 0 aromatic heterocycles. The minimum Gasteiger partial charge on any atom is -0.287 e. The Morgan fingerprint density at radius 1 is 1.38 bits per heavy atom. The molecule has 1 aliphatic rings. The van der Waals surface area contributed by atoms with Gasteiger partial charge in [0.25, 0.3) is 0 Å². The van der Waals surface area contributed by atoms with Crippen LogP contribution in [0.3, 0.4) is 0 Å². The van der Waals surface area contributed by atoms with Crippen LogP contribution in [-0.2, 0) is 0 Å². The molecular formula is C11H12FN3O. The highest BCUT2D eigenvalue weighted by atomic mass is 19.1. The molecule has 0 amide bonds. The van der Waals surface area contributed by atoms with E-state index in [0.29, 0.717) is 12.1 Å². The fourth-order valence-electron chi connectivity index (χ4n) is 1.44. The number of benzene rings is 1. The Morgan fingerprint density at radius 2 is 2.06 bits per heavy atom. The molecule has 0 fully saturated rings. The number of nitrogens with zero attached hydrogens (tertiary/aromatic N) is 3. The molecule has 0 radical (unpaired) electrons. The third-order valence-corrected chi connectivity index (χ3v) is 2.36. The lowest BCUT2D eigenvalue weighted by Gasteiger charge is -2.22. The summed E-state index contributed by atoms with van der Waals surface area (Å²) in [6, 6.07) is 5.89. The second-order valence-electron chi connectivity index (χ2n) is 3.51. The molecule has 1 heterocycles. The number of hydroxylamine groups is 2. The van der Waals surface area contributed by atoms with Gasteiger partial charge in [-0.25, -0.2) is 9.45 Å². The summed E-state index contributed by atoms with van der Waals surface area (Å²) in [6.07, 6.45) is 1.84. The van der Waals surface area contributed by atoms with Crippen molar-refractivity contribution in [1.82, 2.24) is 5.06 Å². The molecule has 16 heavy (non-hydrogen) atoms. The first kappa shape index (κ1) is 10.8. The fourth-order valence-corrected chi connectivity index (χ4v) is 1.44. The van der Waals surface area contributed by atoms with Gasteiger partial charge in [0.15, 0.2) is 6.17 Å². The third-order valence-electron chi connectivity index (χ3n) is 2.36. The van der Waals surface area contributed by atoms with Crippen LogP contribution in [0.2, 0.25) is 0 Å². The molecule has 84 valence electrons. The van der Waals surface area contributed by atoms with E-state index in [-0.39, 0.29) is 12.0 Å². The highest BCUT2D eigenvalue weighted by Gasteiger charge is 2.16. The molecule has 0 saturated heterocycles. The van der Waals surface area contributed by atoms with Crippen molar-refractivity contribution in [2.24, 2.45) is 10.2 Å². The molecule has 0 aliphatic carbocycles. The van der Waals surface area contributed by atoms with Crippen molar-refractivity contribution >= 4 is 5.70 Å². The van der Waals surface area contributed by atoms with E-state index in [1.807, 2.05) is 6.92 Å². The van der Waals surface area contributed by atoms with Crippen LogP contribution in [0.15, 0.2) is 40.7 Å². The van der Waals surface area contributed by atoms with E-state index in [2.05, 4.69) is 10.2 Å². The summed E-state index contributed by atoms with van der Waals surface area (Å²) in [7, 11) is 0. The lowest BCUT2D eigenvalue weighted by molar-refractivity contribution is -0.0812. The standard InChI is InChI=1S/C11H12FN3O/c1-2-11-14-13-10(7-15(11)16)8-3-5-9(12)6-4-8/h3-7,11,16H,2H2,1H3/t11-/m0/s1. The van der Waals surface area contributed by atoms with Gasteiger partial charge in [-0.05, 0) is 30.7 Å². The van der Waals surface area contributed by atoms with Gasteiger partial charge in [-0.2, -0.15) is 10.2 Å². The first-order chi connectivity index (χ1) is 7.70. The average Bonchev–Trinajstić information content (AvgIpc) is 2.30. The molecule has 0 bridgehead atoms. The lowest BCUT2D eigenvalue weighted by atomic mass is 10.1. The van der Waals surface area contributed by atoms with Gasteiger partial charge in [0.1, 0.15) is 11.5 Å². The maximum absolute atomic E-state index is 12.7. The highest BCUT2D eigenvalue weighted by Crippen LogP contribution is 2.23. The van der Waals surface area contributed by atoms with Crippen LogP contribution >= 0.6 is 0 Å². The Hall–Kier alpha value is -1.75. The van der Waals surface area contributed by atoms with Gasteiger partial charge in [0, 0.05) is 5.56 Å². The Morgan fingerprint density at radius 3 is 2.62 bits per heavy atom. The summed E-state index contributed by atoms with van der Waals surface area (Å²) in [5, 5.41) is 18.5. The van der Waals surface area contributed by atoms with Gasteiger partial charge >= 0.3 is 0 Å². The van der Waals surface area contributed by atoms with Crippen LogP contribution in [-0.4, -0.2) is 16.4 Å². The summed E-state index contributed by atoms with van der Waals surface area (Å²) in [6.45, 7) is 1.91. The summed E-state index contributed by atoms with van der Waals surface area (Å²) < 4.78 is 12.7. The fraction of sp³-hybridized carbons (Fsp3) is 0.273. The molecule has 0 saturated carbocycles. The van der Waals surface area contributed by atoms with Gasteiger partial charge in [-0.15, -0.1) is 0 Å². The number of halogens is 1. The highest BCUT2D eigenvalue weighted by molar-refractivity contribution is 5.63. The van der Waals surface area contributed by atoms with Crippen molar-refractivity contribution in [3.05, 3.63) is 41.8 Å². The average molecular weight is 221 g/mol. The van der Waals surface area contributed by atoms with Gasteiger partial charge in [-0.3, -0.25) is 5.21 Å². The van der Waals surface area contributed by atoms with E-state index < -0.39 is 0 Å². The molecule has 2 rings (SSSR count). The maximum atomic E-state index is 12.7. The topological polar surface area (TPSA) is 48.2 Å². The zero-order valence-corrected chi connectivity index (χ0v) is 8.84. The molecule has 0 spiro atoms. The van der Waals surface area contributed by atoms with Crippen molar-refractivity contribution in [1.29, 1.82) is 0 Å². The first-order valence-corrected chi connectivity index (χ1v) is 5.06. The Labute approximate surface area is 92.7 Å². The van der Waals surface area contributed by atoms with Crippen molar-refractivity contribution in [3.8, 4) is 0 Å². The Bertz CT molecular complexity index is 427. The molecule has 0 unspecified atom stereocenters. The summed E-state index contributed by atoms with van der Waals surface area (Å²) in [5.41, 5.74) is 1.24. The molecule has 1 N–H and O–H groups in total. The van der Waals surface area contributed by atoms with Gasteiger partial charge in [0.2, 0.25) is 0 Å². The quantitative estimate of drug-likeness (QED) is 0.834. The lowest BCUT2D eigenvalue weighted by Crippen LogP contribution is -2.26. The predicted octanol–water partition coefficient (Wildman–Crippen LogP) is 3.02. The largest absolute Gasteiger partial charge is 0.287 e. The van der Waals surface area contributed by atoms with E-state index in [1.54, 1.807) is 12.1 Å². The van der Waals surface area contributed by atoms with Crippen molar-refractivity contribution < 1.29 is 9.60 Å². The summed E-state index contributed by atoms with van der Waals surface area (Å²) >= 11 is 0. The molecular weight excluding hydrogens is 209 g/mol. The first-order valence-electron chi connectivity index (χ1n) is 5.06. The van der Waals surface area contributed by atoms with Crippen LogP contribution in [0.4, 0.5) is 4.39 Å². The number of hydrogen-bond acceptors (Lipinski definition) is 4. The Balaban J connectivity index is 2.24. The Kier molecular flexibility index (Phi) is 2.96. The monoisotopic (exact) mass is 221 g/mol. The molecule has 1 aliphatic heterocycles. The van der Waals surface area contributed by atoms with Gasteiger partial charge in [-0.1, -0.05) is 6.92 Å². The van der Waals surface area contributed by atoms with Crippen molar-refractivity contribution in [2.75, 3.05) is 0 Å². The van der Waals surface area contributed by atoms with Crippen LogP contribution < -0.4 is 0 Å². The van der Waals surface area contributed by atoms with Crippen LogP contribution in [0.1, 0.15) is 18.9 Å². The smallest absolute Gasteiger partial charge is 0.166 e. The van der Waals surface area contributed by atoms with Gasteiger partial charge < -0.3 is 0 Å². The van der Waals surface area contributed by atoms with E-state index in [9.17, 15) is 9.60 Å². The maximum Gasteiger partial charge on any atom is 0.166 e. The molecule has 1 atom stereocenters. The van der Waals surface area contributed by atoms with E-state index in [1.165, 1.54) is 18.3 Å². The van der Waals surface area contributed by atoms with Crippen LogP contribution in [0, 0.1) is 5.82 Å². The SMILES string of the molecule is CC[C@H]1N=NC(c2ccc(F)cc2)=CN1O. The molecule has 5 heteroatoms. The molecule has 4 nitrogen and oxygen atoms in total. The number of azo groups is 1. The second kappa shape index (κ2) is 4.40.